The number of hydrogen-bond acceptors (Lipinski definition) is 2. The summed E-state index contributed by atoms with van der Waals surface area (Å²) in [5.41, 5.74) is 7.22. The van der Waals surface area contributed by atoms with Crippen LogP contribution in [0.1, 0.15) is 27.0 Å². The van der Waals surface area contributed by atoms with Crippen molar-refractivity contribution in [3.05, 3.63) is 89.0 Å². The minimum atomic E-state index is -0.132. The second-order valence-electron chi connectivity index (χ2n) is 6.71. The average Bonchev–Trinajstić information content (AvgIpc) is 3.07. The number of carbonyl (C=O) groups excluding carboxylic acids is 2. The molecular weight excluding hydrogens is 336 g/mol. The van der Waals surface area contributed by atoms with E-state index in [1.165, 1.54) is 22.3 Å². The fourth-order valence-corrected chi connectivity index (χ4v) is 3.47. The lowest BCUT2D eigenvalue weighted by Crippen LogP contribution is -2.19. The molecule has 2 N–H and O–H groups in total. The molecule has 134 valence electrons. The molecule has 0 bridgehead atoms. The number of hydrogen-bond donors (Lipinski definition) is 2. The third-order valence-electron chi connectivity index (χ3n) is 4.91. The first-order chi connectivity index (χ1) is 13.1. The van der Waals surface area contributed by atoms with Crippen molar-refractivity contribution in [1.82, 2.24) is 5.32 Å². The van der Waals surface area contributed by atoms with Crippen molar-refractivity contribution in [3.8, 4) is 11.1 Å². The zero-order valence-corrected chi connectivity index (χ0v) is 15.1. The number of fused-ring (bicyclic) bond motifs is 3. The Morgan fingerprint density at radius 3 is 2.41 bits per heavy atom. The van der Waals surface area contributed by atoms with Crippen LogP contribution in [0.2, 0.25) is 0 Å². The van der Waals surface area contributed by atoms with Gasteiger partial charge in [-0.3, -0.25) is 9.59 Å². The predicted octanol–water partition coefficient (Wildman–Crippen LogP) is 3.80. The van der Waals surface area contributed by atoms with Crippen molar-refractivity contribution in [2.45, 2.75) is 12.8 Å². The first kappa shape index (κ1) is 17.0. The van der Waals surface area contributed by atoms with E-state index in [2.05, 4.69) is 22.8 Å². The van der Waals surface area contributed by atoms with Crippen LogP contribution in [0.3, 0.4) is 0 Å². The molecule has 4 heteroatoms. The van der Waals surface area contributed by atoms with Crippen molar-refractivity contribution < 1.29 is 9.59 Å². The van der Waals surface area contributed by atoms with E-state index in [0.29, 0.717) is 17.7 Å². The van der Waals surface area contributed by atoms with Crippen molar-refractivity contribution in [1.29, 1.82) is 0 Å². The lowest BCUT2D eigenvalue weighted by atomic mass is 10.0. The van der Waals surface area contributed by atoms with Gasteiger partial charge in [-0.1, -0.05) is 42.5 Å². The SMILES string of the molecule is CNC(=O)Cc1ccc(NC(=O)c2ccc3c(c2)Cc2ccccc2-3)cc1. The van der Waals surface area contributed by atoms with Gasteiger partial charge in [0.25, 0.3) is 5.91 Å². The number of likely N-dealkylation sites (N-methyl/N-ethyl adjacent to an activating group) is 1. The van der Waals surface area contributed by atoms with E-state index in [0.717, 1.165) is 12.0 Å². The van der Waals surface area contributed by atoms with Gasteiger partial charge >= 0.3 is 0 Å². The molecule has 0 aromatic heterocycles. The second-order valence-corrected chi connectivity index (χ2v) is 6.71. The van der Waals surface area contributed by atoms with Crippen LogP contribution in [0.5, 0.6) is 0 Å². The molecule has 0 spiro atoms. The van der Waals surface area contributed by atoms with Gasteiger partial charge in [-0.05, 0) is 58.5 Å². The molecule has 0 atom stereocenters. The third-order valence-corrected chi connectivity index (χ3v) is 4.91. The molecule has 0 heterocycles. The molecule has 0 fully saturated rings. The van der Waals surface area contributed by atoms with Gasteiger partial charge in [0.05, 0.1) is 6.42 Å². The summed E-state index contributed by atoms with van der Waals surface area (Å²) in [6.45, 7) is 0. The Hall–Kier alpha value is -3.40. The van der Waals surface area contributed by atoms with Crippen LogP contribution in [0.25, 0.3) is 11.1 Å². The first-order valence-electron chi connectivity index (χ1n) is 8.96. The number of amides is 2. The molecule has 4 rings (SSSR count). The predicted molar refractivity (Wildman–Crippen MR) is 107 cm³/mol. The summed E-state index contributed by atoms with van der Waals surface area (Å²) >= 11 is 0. The van der Waals surface area contributed by atoms with Crippen LogP contribution in [-0.4, -0.2) is 18.9 Å². The zero-order chi connectivity index (χ0) is 18.8. The van der Waals surface area contributed by atoms with Crippen LogP contribution in [-0.2, 0) is 17.6 Å². The summed E-state index contributed by atoms with van der Waals surface area (Å²) in [7, 11) is 1.62. The Kier molecular flexibility index (Phi) is 4.47. The van der Waals surface area contributed by atoms with E-state index in [9.17, 15) is 9.59 Å². The Morgan fingerprint density at radius 2 is 1.63 bits per heavy atom. The van der Waals surface area contributed by atoms with E-state index < -0.39 is 0 Å². The quantitative estimate of drug-likeness (QED) is 0.584. The Morgan fingerprint density at radius 1 is 0.889 bits per heavy atom. The highest BCUT2D eigenvalue weighted by molar-refractivity contribution is 6.05. The van der Waals surface area contributed by atoms with Crippen molar-refractivity contribution >= 4 is 17.5 Å². The minimum absolute atomic E-state index is 0.0362. The molecule has 0 unspecified atom stereocenters. The lowest BCUT2D eigenvalue weighted by molar-refractivity contribution is -0.119. The van der Waals surface area contributed by atoms with E-state index in [4.69, 9.17) is 0 Å². The maximum Gasteiger partial charge on any atom is 0.255 e. The molecule has 3 aromatic carbocycles. The number of nitrogens with one attached hydrogen (secondary N) is 2. The van der Waals surface area contributed by atoms with Gasteiger partial charge in [0.15, 0.2) is 0 Å². The maximum absolute atomic E-state index is 12.6. The molecule has 3 aromatic rings. The van der Waals surface area contributed by atoms with Gasteiger partial charge in [0.1, 0.15) is 0 Å². The number of benzene rings is 3. The fourth-order valence-electron chi connectivity index (χ4n) is 3.47. The van der Waals surface area contributed by atoms with Crippen LogP contribution in [0.15, 0.2) is 66.7 Å². The molecule has 2 amide bonds. The van der Waals surface area contributed by atoms with E-state index >= 15 is 0 Å². The summed E-state index contributed by atoms with van der Waals surface area (Å²) in [5.74, 6) is -0.168. The molecule has 0 saturated heterocycles. The van der Waals surface area contributed by atoms with Crippen molar-refractivity contribution in [2.24, 2.45) is 0 Å². The van der Waals surface area contributed by atoms with Gasteiger partial charge in [-0.2, -0.15) is 0 Å². The van der Waals surface area contributed by atoms with Crippen LogP contribution < -0.4 is 10.6 Å². The number of rotatable bonds is 4. The van der Waals surface area contributed by atoms with Crippen molar-refractivity contribution in [2.75, 3.05) is 12.4 Å². The smallest absolute Gasteiger partial charge is 0.255 e. The highest BCUT2D eigenvalue weighted by Gasteiger charge is 2.19. The lowest BCUT2D eigenvalue weighted by Gasteiger charge is -2.08. The molecule has 0 saturated carbocycles. The summed E-state index contributed by atoms with van der Waals surface area (Å²) < 4.78 is 0. The van der Waals surface area contributed by atoms with Gasteiger partial charge in [-0.15, -0.1) is 0 Å². The standard InChI is InChI=1S/C23H20N2O2/c1-24-22(26)12-15-6-9-19(10-7-15)25-23(27)17-8-11-21-18(14-17)13-16-4-2-3-5-20(16)21/h2-11,14H,12-13H2,1H3,(H,24,26)(H,25,27). The van der Waals surface area contributed by atoms with Crippen LogP contribution >= 0.6 is 0 Å². The summed E-state index contributed by atoms with van der Waals surface area (Å²) in [4.78, 5) is 24.0. The fraction of sp³-hybridized carbons (Fsp3) is 0.130. The monoisotopic (exact) mass is 356 g/mol. The van der Waals surface area contributed by atoms with Gasteiger partial charge in [0.2, 0.25) is 5.91 Å². The number of anilines is 1. The van der Waals surface area contributed by atoms with Crippen LogP contribution in [0, 0.1) is 0 Å². The molecule has 4 nitrogen and oxygen atoms in total. The largest absolute Gasteiger partial charge is 0.359 e. The highest BCUT2D eigenvalue weighted by atomic mass is 16.2. The zero-order valence-electron chi connectivity index (χ0n) is 15.1. The minimum Gasteiger partial charge on any atom is -0.359 e. The van der Waals surface area contributed by atoms with Gasteiger partial charge in [0, 0.05) is 18.3 Å². The topological polar surface area (TPSA) is 58.2 Å². The van der Waals surface area contributed by atoms with Gasteiger partial charge in [-0.25, -0.2) is 0 Å². The Bertz CT molecular complexity index is 1020. The van der Waals surface area contributed by atoms with Crippen molar-refractivity contribution in [3.63, 3.8) is 0 Å². The summed E-state index contributed by atoms with van der Waals surface area (Å²) in [6.07, 6.45) is 1.19. The molecule has 0 aliphatic heterocycles. The molecular formula is C23H20N2O2. The molecule has 1 aliphatic rings. The second kappa shape index (κ2) is 7.08. The van der Waals surface area contributed by atoms with E-state index in [1.807, 2.05) is 54.6 Å². The average molecular weight is 356 g/mol. The molecule has 27 heavy (non-hydrogen) atoms. The summed E-state index contributed by atoms with van der Waals surface area (Å²) in [6, 6.07) is 21.6. The third kappa shape index (κ3) is 3.47. The first-order valence-corrected chi connectivity index (χ1v) is 8.96. The van der Waals surface area contributed by atoms with Gasteiger partial charge < -0.3 is 10.6 Å². The van der Waals surface area contributed by atoms with E-state index in [1.54, 1.807) is 7.05 Å². The molecule has 1 aliphatic carbocycles. The normalized spacial score (nSPS) is 11.4. The molecule has 0 radical (unpaired) electrons. The maximum atomic E-state index is 12.6. The summed E-state index contributed by atoms with van der Waals surface area (Å²) in [5, 5.41) is 5.53. The Balaban J connectivity index is 1.48. The number of carbonyl (C=O) groups is 2. The highest BCUT2D eigenvalue weighted by Crippen LogP contribution is 2.36. The van der Waals surface area contributed by atoms with Crippen LogP contribution in [0.4, 0.5) is 5.69 Å². The van der Waals surface area contributed by atoms with E-state index in [-0.39, 0.29) is 11.8 Å². The Labute approximate surface area is 158 Å².